The number of hydrogen-bond acceptors (Lipinski definition) is 1. The molecule has 0 aliphatic carbocycles. The van der Waals surface area contributed by atoms with Gasteiger partial charge in [0.15, 0.2) is 0 Å². The number of aryl methyl sites for hydroxylation is 1. The monoisotopic (exact) mass is 133 g/mol. The Labute approximate surface area is 60.7 Å². The summed E-state index contributed by atoms with van der Waals surface area (Å²) in [4.78, 5) is 4.01. The molecule has 1 heterocycles. The van der Waals surface area contributed by atoms with E-state index < -0.39 is 0 Å². The maximum absolute atomic E-state index is 4.01. The normalized spacial score (nSPS) is 12.0. The molecule has 10 heavy (non-hydrogen) atoms. The second-order valence-corrected chi connectivity index (χ2v) is 2.32. The van der Waals surface area contributed by atoms with E-state index in [-0.39, 0.29) is 0 Å². The van der Waals surface area contributed by atoms with E-state index >= 15 is 0 Å². The molecule has 0 saturated heterocycles. The third-order valence-corrected chi connectivity index (χ3v) is 1.56. The van der Waals surface area contributed by atoms with Gasteiger partial charge in [-0.1, -0.05) is 12.7 Å². The van der Waals surface area contributed by atoms with Gasteiger partial charge >= 0.3 is 0 Å². The maximum Gasteiger partial charge on any atom is 0.0340 e. The van der Waals surface area contributed by atoms with Crippen LogP contribution in [0.4, 0.5) is 0 Å². The molecular weight excluding hydrogens is 122 g/mol. The van der Waals surface area contributed by atoms with Gasteiger partial charge in [-0.15, -0.1) is 0 Å². The third kappa shape index (κ3) is 1.08. The van der Waals surface area contributed by atoms with Crippen molar-refractivity contribution in [1.82, 2.24) is 4.98 Å². The van der Waals surface area contributed by atoms with Crippen molar-refractivity contribution in [1.29, 1.82) is 0 Å². The Morgan fingerprint density at radius 1 is 1.50 bits per heavy atom. The Hall–Kier alpha value is -1.11. The molecule has 1 aromatic rings. The summed E-state index contributed by atoms with van der Waals surface area (Å²) >= 11 is 0. The summed E-state index contributed by atoms with van der Waals surface area (Å²) in [5, 5.41) is 2.21. The molecule has 0 atom stereocenters. The van der Waals surface area contributed by atoms with E-state index in [1.165, 1.54) is 10.8 Å². The molecule has 1 rings (SSSR count). The van der Waals surface area contributed by atoms with Crippen molar-refractivity contribution in [3.05, 3.63) is 28.4 Å². The summed E-state index contributed by atoms with van der Waals surface area (Å²) in [5.41, 5.74) is 1.19. The van der Waals surface area contributed by atoms with E-state index in [1.807, 2.05) is 20.0 Å². The zero-order valence-electron chi connectivity index (χ0n) is 6.39. The predicted octanol–water partition coefficient (Wildman–Crippen LogP) is 0.601. The predicted molar refractivity (Wildman–Crippen MR) is 43.9 cm³/mol. The van der Waals surface area contributed by atoms with Crippen molar-refractivity contribution in [3.63, 3.8) is 0 Å². The molecule has 0 fully saturated rings. The van der Waals surface area contributed by atoms with Crippen LogP contribution in [0.2, 0.25) is 0 Å². The minimum atomic E-state index is 1.00. The molecule has 1 nitrogen and oxygen atoms in total. The van der Waals surface area contributed by atoms with Crippen molar-refractivity contribution >= 4 is 12.7 Å². The highest BCUT2D eigenvalue weighted by Crippen LogP contribution is 1.77. The summed E-state index contributed by atoms with van der Waals surface area (Å²) in [6.07, 6.45) is 5.69. The van der Waals surface area contributed by atoms with Gasteiger partial charge in [-0.25, -0.2) is 0 Å². The smallest absolute Gasteiger partial charge is 0.0340 e. The van der Waals surface area contributed by atoms with Gasteiger partial charge in [0.25, 0.3) is 0 Å². The number of nitrogens with zero attached hydrogens (tertiary/aromatic N) is 1. The van der Waals surface area contributed by atoms with E-state index in [0.29, 0.717) is 0 Å². The van der Waals surface area contributed by atoms with Gasteiger partial charge in [-0.2, -0.15) is 0 Å². The van der Waals surface area contributed by atoms with E-state index in [1.54, 1.807) is 6.20 Å². The molecule has 1 heteroatoms. The van der Waals surface area contributed by atoms with E-state index in [4.69, 9.17) is 0 Å². The number of aromatic nitrogens is 1. The highest BCUT2D eigenvalue weighted by atomic mass is 14.6. The van der Waals surface area contributed by atoms with Crippen LogP contribution in [-0.4, -0.2) is 4.98 Å². The first kappa shape index (κ1) is 7.00. The van der Waals surface area contributed by atoms with Gasteiger partial charge in [-0.3, -0.25) is 4.98 Å². The van der Waals surface area contributed by atoms with Gasteiger partial charge in [0.2, 0.25) is 0 Å². The van der Waals surface area contributed by atoms with Crippen molar-refractivity contribution in [2.45, 2.75) is 13.8 Å². The highest BCUT2D eigenvalue weighted by molar-refractivity contribution is 5.27. The van der Waals surface area contributed by atoms with Gasteiger partial charge in [0.1, 0.15) is 0 Å². The van der Waals surface area contributed by atoms with Crippen LogP contribution >= 0.6 is 0 Å². The summed E-state index contributed by atoms with van der Waals surface area (Å²) in [6, 6.07) is 0. The standard InChI is InChI=1S/C9H11N/c1-4-9-7(2)5-10-6-8(9)3/h4-6H,2H2,1,3H3/b9-4+. The molecule has 1 aromatic heterocycles. The fourth-order valence-corrected chi connectivity index (χ4v) is 1.04. The second-order valence-electron chi connectivity index (χ2n) is 2.32. The minimum absolute atomic E-state index is 1.00. The van der Waals surface area contributed by atoms with Crippen LogP contribution in [0.3, 0.4) is 0 Å². The zero-order valence-corrected chi connectivity index (χ0v) is 6.39. The molecule has 52 valence electrons. The lowest BCUT2D eigenvalue weighted by Crippen LogP contribution is -2.25. The molecule has 0 amide bonds. The zero-order chi connectivity index (χ0) is 7.56. The van der Waals surface area contributed by atoms with Crippen LogP contribution < -0.4 is 10.4 Å². The van der Waals surface area contributed by atoms with Crippen LogP contribution in [0, 0.1) is 6.92 Å². The molecule has 0 aliphatic heterocycles. The SMILES string of the molecule is C=c1cncc(C)/c1=C/C. The van der Waals surface area contributed by atoms with Crippen LogP contribution in [0.5, 0.6) is 0 Å². The van der Waals surface area contributed by atoms with Crippen LogP contribution in [0.25, 0.3) is 12.7 Å². The maximum atomic E-state index is 4.01. The molecule has 0 spiro atoms. The number of rotatable bonds is 0. The van der Waals surface area contributed by atoms with Crippen molar-refractivity contribution in [2.24, 2.45) is 0 Å². The molecule has 0 N–H and O–H groups in total. The summed E-state index contributed by atoms with van der Waals surface area (Å²) in [7, 11) is 0. The van der Waals surface area contributed by atoms with Crippen LogP contribution in [0.1, 0.15) is 12.5 Å². The Bertz CT molecular complexity index is 325. The summed E-state index contributed by atoms with van der Waals surface area (Å²) in [5.74, 6) is 0. The lowest BCUT2D eigenvalue weighted by atomic mass is 10.2. The summed E-state index contributed by atoms with van der Waals surface area (Å²) < 4.78 is 0. The molecule has 0 radical (unpaired) electrons. The highest BCUT2D eigenvalue weighted by Gasteiger charge is 1.85. The lowest BCUT2D eigenvalue weighted by molar-refractivity contribution is 1.21. The van der Waals surface area contributed by atoms with E-state index in [2.05, 4.69) is 17.6 Å². The van der Waals surface area contributed by atoms with Gasteiger partial charge in [0, 0.05) is 12.4 Å². The Morgan fingerprint density at radius 3 is 2.60 bits per heavy atom. The number of pyridine rings is 1. The van der Waals surface area contributed by atoms with Gasteiger partial charge < -0.3 is 0 Å². The van der Waals surface area contributed by atoms with Gasteiger partial charge in [0.05, 0.1) is 0 Å². The Kier molecular flexibility index (Phi) is 1.86. The topological polar surface area (TPSA) is 12.9 Å². The lowest BCUT2D eigenvalue weighted by Gasteiger charge is -1.91. The van der Waals surface area contributed by atoms with Crippen molar-refractivity contribution in [2.75, 3.05) is 0 Å². The Balaban J connectivity index is 3.63. The average molecular weight is 133 g/mol. The fraction of sp³-hybridized carbons (Fsp3) is 0.222. The molecular formula is C9H11N. The minimum Gasteiger partial charge on any atom is -0.264 e. The van der Waals surface area contributed by atoms with E-state index in [9.17, 15) is 0 Å². The largest absolute Gasteiger partial charge is 0.264 e. The van der Waals surface area contributed by atoms with Crippen LogP contribution in [-0.2, 0) is 0 Å². The van der Waals surface area contributed by atoms with Gasteiger partial charge in [-0.05, 0) is 29.8 Å². The molecule has 0 unspecified atom stereocenters. The molecule has 0 saturated carbocycles. The first-order chi connectivity index (χ1) is 4.75. The average Bonchev–Trinajstić information content (AvgIpc) is 1.88. The van der Waals surface area contributed by atoms with Crippen molar-refractivity contribution in [3.8, 4) is 0 Å². The van der Waals surface area contributed by atoms with E-state index in [0.717, 1.165) is 5.22 Å². The molecule has 0 aromatic carbocycles. The first-order valence-electron chi connectivity index (χ1n) is 3.31. The second kappa shape index (κ2) is 2.65. The Morgan fingerprint density at radius 2 is 2.20 bits per heavy atom. The third-order valence-electron chi connectivity index (χ3n) is 1.56. The first-order valence-corrected chi connectivity index (χ1v) is 3.31. The number of hydrogen-bond donors (Lipinski definition) is 0. The fourth-order valence-electron chi connectivity index (χ4n) is 1.04. The quantitative estimate of drug-likeness (QED) is 0.505. The van der Waals surface area contributed by atoms with Crippen molar-refractivity contribution < 1.29 is 0 Å². The molecule has 0 bridgehead atoms. The molecule has 0 aliphatic rings. The van der Waals surface area contributed by atoms with Crippen LogP contribution in [0.15, 0.2) is 12.4 Å². The summed E-state index contributed by atoms with van der Waals surface area (Å²) in [6.45, 7) is 7.91.